The van der Waals surface area contributed by atoms with E-state index in [0.29, 0.717) is 47.3 Å². The molecule has 0 bridgehead atoms. The number of amides is 1. The molecule has 2 aliphatic rings. The van der Waals surface area contributed by atoms with Gasteiger partial charge in [0.2, 0.25) is 0 Å². The topological polar surface area (TPSA) is 135 Å². The second-order valence-electron chi connectivity index (χ2n) is 11.8. The van der Waals surface area contributed by atoms with Crippen molar-refractivity contribution in [1.82, 2.24) is 14.8 Å². The van der Waals surface area contributed by atoms with Gasteiger partial charge in [-0.15, -0.1) is 0 Å². The van der Waals surface area contributed by atoms with Gasteiger partial charge in [-0.05, 0) is 49.9 Å². The Morgan fingerprint density at radius 3 is 2.51 bits per heavy atom. The fourth-order valence-electron chi connectivity index (χ4n) is 5.85. The first-order chi connectivity index (χ1) is 24.8. The van der Waals surface area contributed by atoms with E-state index in [0.717, 1.165) is 50.3 Å². The first-order valence-electron chi connectivity index (χ1n) is 16.2. The molecule has 51 heavy (non-hydrogen) atoms. The van der Waals surface area contributed by atoms with Crippen molar-refractivity contribution in [1.29, 1.82) is 0 Å². The summed E-state index contributed by atoms with van der Waals surface area (Å²) in [6.45, 7) is 4.65. The summed E-state index contributed by atoms with van der Waals surface area (Å²) in [6, 6.07) is 13.2. The Hall–Kier alpha value is -5.51. The minimum absolute atomic E-state index is 0.0338. The summed E-state index contributed by atoms with van der Waals surface area (Å²) in [5.41, 5.74) is 0.178. The summed E-state index contributed by atoms with van der Waals surface area (Å²) >= 11 is 0. The molecule has 3 aromatic carbocycles. The smallest absolute Gasteiger partial charge is 0.274 e. The minimum Gasteiger partial charge on any atom is -0.493 e. The van der Waals surface area contributed by atoms with Crippen LogP contribution in [0.4, 0.5) is 20.2 Å². The summed E-state index contributed by atoms with van der Waals surface area (Å²) < 4.78 is 53.1. The zero-order chi connectivity index (χ0) is 35.9. The molecule has 3 heterocycles. The molecule has 1 fully saturated rings. The minimum atomic E-state index is -1.24. The number of hydrazone groups is 1. The van der Waals surface area contributed by atoms with Gasteiger partial charge >= 0.3 is 0 Å². The summed E-state index contributed by atoms with van der Waals surface area (Å²) in [7, 11) is 2.96. The molecule has 2 atom stereocenters. The van der Waals surface area contributed by atoms with E-state index in [1.54, 1.807) is 24.3 Å². The van der Waals surface area contributed by atoms with E-state index < -0.39 is 29.7 Å². The molecule has 0 saturated carbocycles. The Kier molecular flexibility index (Phi) is 11.1. The zero-order valence-electron chi connectivity index (χ0n) is 28.0. The number of methoxy groups -OCH3 is 1. The second-order valence-corrected chi connectivity index (χ2v) is 11.8. The molecular weight excluding hydrogens is 666 g/mol. The highest BCUT2D eigenvalue weighted by atomic mass is 19.1. The van der Waals surface area contributed by atoms with E-state index in [1.807, 2.05) is 0 Å². The molecule has 0 radical (unpaired) electrons. The number of nitrogens with one attached hydrogen (secondary N) is 1. The highest BCUT2D eigenvalue weighted by Crippen LogP contribution is 2.38. The fraction of sp³-hybridized carbons (Fsp3) is 0.306. The largest absolute Gasteiger partial charge is 0.493 e. The van der Waals surface area contributed by atoms with Crippen LogP contribution in [0.3, 0.4) is 0 Å². The summed E-state index contributed by atoms with van der Waals surface area (Å²) in [4.78, 5) is 45.4. The average molecular weight is 703 g/mol. The van der Waals surface area contributed by atoms with Crippen molar-refractivity contribution < 1.29 is 42.1 Å². The molecule has 15 heteroatoms. The SMILES string of the molecule is COc1cc2c(Oc3ccc(NC(=O)C4=NN(c5ccccc5F)C(C=O)N(C)C4C=O)cc3F)ccnc2cc1OCCCN1CCOCC1. The van der Waals surface area contributed by atoms with Crippen LogP contribution in [0, 0.1) is 11.6 Å². The molecule has 6 rings (SSSR count). The van der Waals surface area contributed by atoms with Crippen LogP contribution in [-0.2, 0) is 19.1 Å². The molecule has 2 unspecified atom stereocenters. The van der Waals surface area contributed by atoms with Crippen LogP contribution in [0.1, 0.15) is 6.42 Å². The van der Waals surface area contributed by atoms with Gasteiger partial charge in [-0.25, -0.2) is 13.8 Å². The number of hydrogen-bond acceptors (Lipinski definition) is 12. The van der Waals surface area contributed by atoms with E-state index in [1.165, 1.54) is 55.6 Å². The molecule has 1 aromatic heterocycles. The quantitative estimate of drug-likeness (QED) is 0.158. The molecular formula is C36H36F2N6O7. The van der Waals surface area contributed by atoms with Crippen molar-refractivity contribution in [3.05, 3.63) is 78.5 Å². The van der Waals surface area contributed by atoms with E-state index in [2.05, 4.69) is 20.3 Å². The highest BCUT2D eigenvalue weighted by Gasteiger charge is 2.40. The van der Waals surface area contributed by atoms with Crippen LogP contribution < -0.4 is 24.5 Å². The van der Waals surface area contributed by atoms with Gasteiger partial charge in [-0.1, -0.05) is 12.1 Å². The Morgan fingerprint density at radius 2 is 1.78 bits per heavy atom. The van der Waals surface area contributed by atoms with Crippen molar-refractivity contribution in [3.8, 4) is 23.0 Å². The number of aromatic nitrogens is 1. The zero-order valence-corrected chi connectivity index (χ0v) is 28.0. The second kappa shape index (κ2) is 16.0. The predicted octanol–water partition coefficient (Wildman–Crippen LogP) is 4.25. The van der Waals surface area contributed by atoms with Crippen molar-refractivity contribution in [2.45, 2.75) is 18.6 Å². The third-order valence-corrected chi connectivity index (χ3v) is 8.56. The standard InChI is InChI=1S/C36H36F2N6O7/c1-42-29(21-45)35(41-44(34(42)22-46)28-7-4-3-6-25(28)37)36(47)40-23-8-9-31(26(38)18-23)51-30-10-11-39-27-20-33(32(48-2)19-24(27)30)50-15-5-12-43-13-16-49-17-14-43/h3-4,6-11,18-22,29,34H,5,12-17H2,1-2H3,(H,40,47). The van der Waals surface area contributed by atoms with Gasteiger partial charge < -0.3 is 29.1 Å². The van der Waals surface area contributed by atoms with Gasteiger partial charge in [0.25, 0.3) is 5.91 Å². The Morgan fingerprint density at radius 1 is 0.980 bits per heavy atom. The lowest BCUT2D eigenvalue weighted by molar-refractivity contribution is -0.117. The molecule has 13 nitrogen and oxygen atoms in total. The third kappa shape index (κ3) is 7.80. The number of para-hydroxylation sites is 1. The number of carbonyl (C=O) groups is 3. The number of halogens is 2. The number of benzene rings is 3. The number of anilines is 2. The Labute approximate surface area is 292 Å². The van der Waals surface area contributed by atoms with Crippen LogP contribution in [0.25, 0.3) is 10.9 Å². The van der Waals surface area contributed by atoms with Gasteiger partial charge in [-0.2, -0.15) is 5.10 Å². The number of hydrogen-bond donors (Lipinski definition) is 1. The monoisotopic (exact) mass is 702 g/mol. The molecule has 4 aromatic rings. The van der Waals surface area contributed by atoms with Gasteiger partial charge in [0.05, 0.1) is 38.1 Å². The average Bonchev–Trinajstić information content (AvgIpc) is 3.14. The Balaban J connectivity index is 1.17. The normalized spacial score (nSPS) is 18.2. The molecule has 266 valence electrons. The van der Waals surface area contributed by atoms with Gasteiger partial charge in [0, 0.05) is 49.0 Å². The van der Waals surface area contributed by atoms with Crippen molar-refractivity contribution in [2.75, 3.05) is 63.9 Å². The van der Waals surface area contributed by atoms with Crippen LogP contribution in [0.15, 0.2) is 72.0 Å². The van der Waals surface area contributed by atoms with Crippen LogP contribution in [0.2, 0.25) is 0 Å². The first-order valence-corrected chi connectivity index (χ1v) is 16.2. The number of fused-ring (bicyclic) bond motifs is 1. The van der Waals surface area contributed by atoms with Crippen LogP contribution in [-0.4, -0.2) is 105 Å². The van der Waals surface area contributed by atoms with Crippen molar-refractivity contribution >= 4 is 46.5 Å². The summed E-state index contributed by atoms with van der Waals surface area (Å²) in [6.07, 6.45) is 2.11. The third-order valence-electron chi connectivity index (χ3n) is 8.56. The maximum atomic E-state index is 15.4. The lowest BCUT2D eigenvalue weighted by Crippen LogP contribution is -2.60. The van der Waals surface area contributed by atoms with Crippen molar-refractivity contribution in [3.63, 3.8) is 0 Å². The molecule has 1 saturated heterocycles. The first kappa shape index (κ1) is 35.3. The number of rotatable bonds is 13. The summed E-state index contributed by atoms with van der Waals surface area (Å²) in [5, 5.41) is 8.30. The molecule has 0 aliphatic carbocycles. The molecule has 1 amide bonds. The number of pyridine rings is 1. The van der Waals surface area contributed by atoms with Crippen LogP contribution >= 0.6 is 0 Å². The van der Waals surface area contributed by atoms with E-state index in [4.69, 9.17) is 18.9 Å². The van der Waals surface area contributed by atoms with Gasteiger partial charge in [-0.3, -0.25) is 24.4 Å². The maximum absolute atomic E-state index is 15.4. The number of carbonyl (C=O) groups excluding carboxylic acids is 3. The van der Waals surface area contributed by atoms with E-state index >= 15 is 4.39 Å². The van der Waals surface area contributed by atoms with Crippen LogP contribution in [0.5, 0.6) is 23.0 Å². The van der Waals surface area contributed by atoms with Crippen molar-refractivity contribution in [2.24, 2.45) is 5.10 Å². The molecule has 0 spiro atoms. The highest BCUT2D eigenvalue weighted by molar-refractivity contribution is 6.47. The number of likely N-dealkylation sites (N-methyl/N-ethyl adjacent to an activating group) is 1. The van der Waals surface area contributed by atoms with Gasteiger partial charge in [0.1, 0.15) is 23.9 Å². The fourth-order valence-corrected chi connectivity index (χ4v) is 5.85. The number of ether oxygens (including phenoxy) is 4. The molecule has 2 aliphatic heterocycles. The summed E-state index contributed by atoms with van der Waals surface area (Å²) in [5.74, 6) is -1.19. The number of nitrogens with zero attached hydrogens (tertiary/aromatic N) is 5. The van der Waals surface area contributed by atoms with E-state index in [-0.39, 0.29) is 22.8 Å². The number of morpholine rings is 1. The Bertz CT molecular complexity index is 1940. The predicted molar refractivity (Wildman–Crippen MR) is 185 cm³/mol. The van der Waals surface area contributed by atoms with E-state index in [9.17, 15) is 18.8 Å². The van der Waals surface area contributed by atoms with Gasteiger partial charge in [0.15, 0.2) is 41.2 Å². The lowest BCUT2D eigenvalue weighted by atomic mass is 10.1. The number of aldehydes is 2. The molecule has 1 N–H and O–H groups in total. The maximum Gasteiger partial charge on any atom is 0.274 e. The lowest BCUT2D eigenvalue weighted by Gasteiger charge is -2.40.